The van der Waals surface area contributed by atoms with E-state index in [1.54, 1.807) is 11.4 Å². The van der Waals surface area contributed by atoms with Gasteiger partial charge in [-0.1, -0.05) is 0 Å². The van der Waals surface area contributed by atoms with Gasteiger partial charge in [0.15, 0.2) is 0 Å². The summed E-state index contributed by atoms with van der Waals surface area (Å²) in [6.45, 7) is 0.192. The highest BCUT2D eigenvalue weighted by molar-refractivity contribution is 9.10. The third-order valence-electron chi connectivity index (χ3n) is 3.46. The third-order valence-corrected chi connectivity index (χ3v) is 4.91. The topological polar surface area (TPSA) is 107 Å². The van der Waals surface area contributed by atoms with Crippen LogP contribution in [0.25, 0.3) is 10.2 Å². The zero-order valence-corrected chi connectivity index (χ0v) is 15.0. The molecule has 25 heavy (non-hydrogen) atoms. The van der Waals surface area contributed by atoms with Crippen molar-refractivity contribution in [1.82, 2.24) is 9.55 Å². The molecule has 0 saturated carbocycles. The zero-order valence-electron chi connectivity index (χ0n) is 12.6. The van der Waals surface area contributed by atoms with Gasteiger partial charge in [0, 0.05) is 24.7 Å². The number of carbonyl (C=O) groups is 1. The fourth-order valence-corrected chi connectivity index (χ4v) is 3.48. The first-order chi connectivity index (χ1) is 12.0. The predicted octanol–water partition coefficient (Wildman–Crippen LogP) is 3.16. The molecular formula is C15H11BrN4O4S. The van der Waals surface area contributed by atoms with Crippen LogP contribution < -0.4 is 10.9 Å². The summed E-state index contributed by atoms with van der Waals surface area (Å²) < 4.78 is 1.67. The predicted molar refractivity (Wildman–Crippen MR) is 97.9 cm³/mol. The molecule has 1 amide bonds. The molecule has 2 heterocycles. The van der Waals surface area contributed by atoms with Gasteiger partial charge in [-0.05, 0) is 39.5 Å². The molecule has 0 spiro atoms. The van der Waals surface area contributed by atoms with Gasteiger partial charge < -0.3 is 5.32 Å². The molecule has 0 aliphatic rings. The highest BCUT2D eigenvalue weighted by atomic mass is 79.9. The van der Waals surface area contributed by atoms with Gasteiger partial charge in [0.1, 0.15) is 4.83 Å². The molecule has 0 bridgehead atoms. The van der Waals surface area contributed by atoms with Crippen molar-refractivity contribution < 1.29 is 9.72 Å². The lowest BCUT2D eigenvalue weighted by molar-refractivity contribution is -0.385. The highest BCUT2D eigenvalue weighted by Gasteiger charge is 2.13. The third kappa shape index (κ3) is 3.74. The number of hydrogen-bond acceptors (Lipinski definition) is 6. The molecule has 0 fully saturated rings. The number of nitrogens with zero attached hydrogens (tertiary/aromatic N) is 3. The fourth-order valence-electron chi connectivity index (χ4n) is 2.23. The molecule has 0 saturated heterocycles. The summed E-state index contributed by atoms with van der Waals surface area (Å²) in [5.41, 5.74) is 0.165. The van der Waals surface area contributed by atoms with Crippen LogP contribution >= 0.6 is 27.3 Å². The van der Waals surface area contributed by atoms with E-state index in [4.69, 9.17) is 0 Å². The lowest BCUT2D eigenvalue weighted by atomic mass is 10.2. The molecule has 3 rings (SSSR count). The zero-order chi connectivity index (χ0) is 18.0. The van der Waals surface area contributed by atoms with Gasteiger partial charge in [0.25, 0.3) is 11.2 Å². The van der Waals surface area contributed by atoms with E-state index in [1.807, 2.05) is 0 Å². The van der Waals surface area contributed by atoms with Crippen molar-refractivity contribution in [3.63, 3.8) is 0 Å². The molecule has 2 aromatic heterocycles. The molecule has 3 aromatic rings. The van der Waals surface area contributed by atoms with Crippen LogP contribution in [0.3, 0.4) is 0 Å². The fraction of sp³-hybridized carbons (Fsp3) is 0.133. The Hall–Kier alpha value is -2.59. The van der Waals surface area contributed by atoms with E-state index < -0.39 is 4.92 Å². The van der Waals surface area contributed by atoms with E-state index in [2.05, 4.69) is 26.2 Å². The molecule has 0 aliphatic heterocycles. The Morgan fingerprint density at radius 1 is 1.40 bits per heavy atom. The number of fused-ring (bicyclic) bond motifs is 1. The molecule has 0 radical (unpaired) electrons. The molecule has 0 aliphatic carbocycles. The van der Waals surface area contributed by atoms with Gasteiger partial charge >= 0.3 is 0 Å². The minimum absolute atomic E-state index is 0.0752. The van der Waals surface area contributed by atoms with Gasteiger partial charge in [-0.3, -0.25) is 24.3 Å². The van der Waals surface area contributed by atoms with Crippen LogP contribution in [0, 0.1) is 10.1 Å². The molecular weight excluding hydrogens is 412 g/mol. The summed E-state index contributed by atoms with van der Waals surface area (Å²) in [5, 5.41) is 15.7. The van der Waals surface area contributed by atoms with Crippen LogP contribution in [0.5, 0.6) is 0 Å². The summed E-state index contributed by atoms with van der Waals surface area (Å²) in [6, 6.07) is 5.92. The number of carbonyl (C=O) groups excluding carboxylic acids is 1. The number of aryl methyl sites for hydroxylation is 1. The normalized spacial score (nSPS) is 10.8. The number of amides is 1. The van der Waals surface area contributed by atoms with E-state index in [9.17, 15) is 19.7 Å². The average molecular weight is 423 g/mol. The molecule has 8 nitrogen and oxygen atoms in total. The second-order valence-electron chi connectivity index (χ2n) is 5.10. The number of nitrogens with one attached hydrogen (secondary N) is 1. The maximum absolute atomic E-state index is 12.2. The number of halogens is 1. The number of aromatic nitrogens is 2. The van der Waals surface area contributed by atoms with Gasteiger partial charge in [-0.2, -0.15) is 0 Å². The summed E-state index contributed by atoms with van der Waals surface area (Å²) in [6.07, 6.45) is 1.50. The van der Waals surface area contributed by atoms with E-state index in [0.717, 1.165) is 0 Å². The number of benzene rings is 1. The van der Waals surface area contributed by atoms with Gasteiger partial charge in [0.05, 0.1) is 21.1 Å². The SMILES string of the molecule is O=C(CCn1cnc2sccc2c1=O)Nc1ccc([N+](=O)[O-])c(Br)c1. The molecule has 1 aromatic carbocycles. The van der Waals surface area contributed by atoms with Crippen LogP contribution in [0.1, 0.15) is 6.42 Å². The quantitative estimate of drug-likeness (QED) is 0.501. The van der Waals surface area contributed by atoms with Crippen LogP contribution in [0.15, 0.2) is 45.2 Å². The lowest BCUT2D eigenvalue weighted by Crippen LogP contribution is -2.23. The minimum atomic E-state index is -0.518. The number of nitro groups is 1. The number of rotatable bonds is 5. The van der Waals surface area contributed by atoms with Crippen molar-refractivity contribution in [3.05, 3.63) is 60.9 Å². The van der Waals surface area contributed by atoms with Crippen LogP contribution in [-0.4, -0.2) is 20.4 Å². The minimum Gasteiger partial charge on any atom is -0.326 e. The average Bonchev–Trinajstić information content (AvgIpc) is 3.03. The summed E-state index contributed by atoms with van der Waals surface area (Å²) in [4.78, 5) is 39.4. The Balaban J connectivity index is 1.66. The van der Waals surface area contributed by atoms with Crippen molar-refractivity contribution in [2.24, 2.45) is 0 Å². The molecule has 128 valence electrons. The van der Waals surface area contributed by atoms with Crippen LogP contribution in [0.4, 0.5) is 11.4 Å². The standard InChI is InChI=1S/C15H11BrN4O4S/c16-11-7-9(1-2-12(11)20(23)24)18-13(21)3-5-19-8-17-14-10(15(19)22)4-6-25-14/h1-2,4,6-8H,3,5H2,(H,18,21). The van der Waals surface area contributed by atoms with Gasteiger partial charge in [-0.25, -0.2) is 4.98 Å². The second kappa shape index (κ2) is 7.11. The molecule has 10 heteroatoms. The Bertz CT molecular complexity index is 1030. The molecule has 1 N–H and O–H groups in total. The van der Waals surface area contributed by atoms with E-state index >= 15 is 0 Å². The Morgan fingerprint density at radius 2 is 2.20 bits per heavy atom. The van der Waals surface area contributed by atoms with Gasteiger partial charge in [-0.15, -0.1) is 11.3 Å². The van der Waals surface area contributed by atoms with E-state index in [0.29, 0.717) is 15.9 Å². The number of anilines is 1. The lowest BCUT2D eigenvalue weighted by Gasteiger charge is -2.07. The number of thiophene rings is 1. The molecule has 0 atom stereocenters. The van der Waals surface area contributed by atoms with Crippen molar-refractivity contribution >= 4 is 54.8 Å². The summed E-state index contributed by atoms with van der Waals surface area (Å²) in [7, 11) is 0. The monoisotopic (exact) mass is 422 g/mol. The first-order valence-electron chi connectivity index (χ1n) is 7.12. The largest absolute Gasteiger partial charge is 0.326 e. The van der Waals surface area contributed by atoms with Crippen molar-refractivity contribution in [1.29, 1.82) is 0 Å². The van der Waals surface area contributed by atoms with Crippen molar-refractivity contribution in [2.45, 2.75) is 13.0 Å². The Labute approximate surface area is 153 Å². The maximum atomic E-state index is 12.2. The number of hydrogen-bond donors (Lipinski definition) is 1. The Kier molecular flexibility index (Phi) is 4.91. The van der Waals surface area contributed by atoms with Crippen LogP contribution in [0.2, 0.25) is 0 Å². The maximum Gasteiger partial charge on any atom is 0.283 e. The summed E-state index contributed by atoms with van der Waals surface area (Å²) >= 11 is 4.48. The van der Waals surface area contributed by atoms with Gasteiger partial charge in [0.2, 0.25) is 5.91 Å². The first-order valence-corrected chi connectivity index (χ1v) is 8.79. The summed E-state index contributed by atoms with van der Waals surface area (Å²) in [5.74, 6) is -0.307. The second-order valence-corrected chi connectivity index (χ2v) is 6.85. The van der Waals surface area contributed by atoms with E-state index in [-0.39, 0.29) is 34.6 Å². The van der Waals surface area contributed by atoms with Crippen molar-refractivity contribution in [3.8, 4) is 0 Å². The Morgan fingerprint density at radius 3 is 2.92 bits per heavy atom. The van der Waals surface area contributed by atoms with Crippen LogP contribution in [-0.2, 0) is 11.3 Å². The highest BCUT2D eigenvalue weighted by Crippen LogP contribution is 2.27. The smallest absolute Gasteiger partial charge is 0.283 e. The number of nitro benzene ring substituents is 1. The van der Waals surface area contributed by atoms with E-state index in [1.165, 1.54) is 40.4 Å². The molecule has 0 unspecified atom stereocenters. The first kappa shape index (κ1) is 17.2. The van der Waals surface area contributed by atoms with Crippen molar-refractivity contribution in [2.75, 3.05) is 5.32 Å².